The Balaban J connectivity index is 1.55. The van der Waals surface area contributed by atoms with Gasteiger partial charge in [-0.2, -0.15) is 0 Å². The van der Waals surface area contributed by atoms with Gasteiger partial charge >= 0.3 is 0 Å². The molecule has 1 aromatic heterocycles. The van der Waals surface area contributed by atoms with E-state index < -0.39 is 0 Å². The Labute approximate surface area is 144 Å². The summed E-state index contributed by atoms with van der Waals surface area (Å²) in [5.74, 6) is 2.29. The van der Waals surface area contributed by atoms with Crippen LogP contribution in [0.4, 0.5) is 5.95 Å². The number of piperidine rings is 1. The second kappa shape index (κ2) is 7.47. The molecule has 0 radical (unpaired) electrons. The van der Waals surface area contributed by atoms with Gasteiger partial charge in [-0.25, -0.2) is 9.97 Å². The van der Waals surface area contributed by atoms with Crippen LogP contribution in [0, 0.1) is 11.8 Å². The second-order valence-corrected chi connectivity index (χ2v) is 7.44. The minimum Gasteiger partial charge on any atom is -0.341 e. The molecule has 2 saturated heterocycles. The predicted octanol–water partition coefficient (Wildman–Crippen LogP) is 1.49. The molecule has 2 fully saturated rings. The van der Waals surface area contributed by atoms with Crippen molar-refractivity contribution in [3.05, 3.63) is 18.5 Å². The topological polar surface area (TPSA) is 52.6 Å². The van der Waals surface area contributed by atoms with Crippen molar-refractivity contribution in [2.24, 2.45) is 11.8 Å². The van der Waals surface area contributed by atoms with Crippen LogP contribution in [0.2, 0.25) is 0 Å². The number of anilines is 1. The molecule has 3 unspecified atom stereocenters. The molecule has 0 aliphatic carbocycles. The fourth-order valence-corrected chi connectivity index (χ4v) is 4.03. The number of nitrogens with zero attached hydrogens (tertiary/aromatic N) is 5. The average molecular weight is 331 g/mol. The largest absolute Gasteiger partial charge is 0.341 e. The van der Waals surface area contributed by atoms with Crippen molar-refractivity contribution in [1.29, 1.82) is 0 Å². The van der Waals surface area contributed by atoms with Crippen LogP contribution in [-0.4, -0.2) is 71.0 Å². The summed E-state index contributed by atoms with van der Waals surface area (Å²) < 4.78 is 0. The third kappa shape index (κ3) is 3.86. The van der Waals surface area contributed by atoms with Crippen LogP contribution in [-0.2, 0) is 4.79 Å². The SMILES string of the molecule is CC1CC(C)CN(C(=O)C(C)N2CCN(c3ncccn3)CC2)C1. The molecule has 2 aliphatic rings. The van der Waals surface area contributed by atoms with Gasteiger partial charge in [-0.3, -0.25) is 9.69 Å². The third-order valence-electron chi connectivity index (χ3n) is 5.23. The molecule has 3 atom stereocenters. The molecule has 1 amide bonds. The number of amides is 1. The van der Waals surface area contributed by atoms with Crippen LogP contribution in [0.15, 0.2) is 18.5 Å². The Morgan fingerprint density at radius 3 is 2.25 bits per heavy atom. The smallest absolute Gasteiger partial charge is 0.239 e. The molecule has 1 aromatic rings. The highest BCUT2D eigenvalue weighted by Gasteiger charge is 2.32. The first-order valence-corrected chi connectivity index (χ1v) is 9.09. The van der Waals surface area contributed by atoms with Gasteiger partial charge in [-0.1, -0.05) is 13.8 Å². The van der Waals surface area contributed by atoms with Crippen molar-refractivity contribution in [2.45, 2.75) is 33.2 Å². The van der Waals surface area contributed by atoms with Gasteiger partial charge in [0.15, 0.2) is 0 Å². The number of carbonyl (C=O) groups is 1. The Morgan fingerprint density at radius 1 is 1.08 bits per heavy atom. The molecule has 0 N–H and O–H groups in total. The summed E-state index contributed by atoms with van der Waals surface area (Å²) in [5, 5.41) is 0. The first kappa shape index (κ1) is 17.1. The summed E-state index contributed by atoms with van der Waals surface area (Å²) in [4.78, 5) is 28.1. The lowest BCUT2D eigenvalue weighted by atomic mass is 9.91. The van der Waals surface area contributed by atoms with E-state index in [1.807, 2.05) is 6.07 Å². The van der Waals surface area contributed by atoms with Crippen molar-refractivity contribution >= 4 is 11.9 Å². The van der Waals surface area contributed by atoms with E-state index in [0.29, 0.717) is 11.8 Å². The van der Waals surface area contributed by atoms with E-state index in [-0.39, 0.29) is 11.9 Å². The molecule has 2 aliphatic heterocycles. The van der Waals surface area contributed by atoms with Gasteiger partial charge in [-0.05, 0) is 31.2 Å². The molecule has 132 valence electrons. The maximum Gasteiger partial charge on any atom is 0.239 e. The Bertz CT molecular complexity index is 534. The lowest BCUT2D eigenvalue weighted by Gasteiger charge is -2.41. The molecule has 3 rings (SSSR count). The molecule has 6 heteroatoms. The normalized spacial score (nSPS) is 27.1. The lowest BCUT2D eigenvalue weighted by molar-refractivity contribution is -0.139. The second-order valence-electron chi connectivity index (χ2n) is 7.44. The van der Waals surface area contributed by atoms with Crippen LogP contribution in [0.25, 0.3) is 0 Å². The van der Waals surface area contributed by atoms with Crippen LogP contribution >= 0.6 is 0 Å². The molecule has 6 nitrogen and oxygen atoms in total. The van der Waals surface area contributed by atoms with Crippen LogP contribution in [0.1, 0.15) is 27.2 Å². The van der Waals surface area contributed by atoms with Crippen LogP contribution in [0.5, 0.6) is 0 Å². The zero-order valence-electron chi connectivity index (χ0n) is 15.1. The van der Waals surface area contributed by atoms with Crippen LogP contribution in [0.3, 0.4) is 0 Å². The zero-order chi connectivity index (χ0) is 17.1. The molecule has 0 aromatic carbocycles. The highest BCUT2D eigenvalue weighted by molar-refractivity contribution is 5.81. The van der Waals surface area contributed by atoms with Gasteiger partial charge in [0.2, 0.25) is 11.9 Å². The third-order valence-corrected chi connectivity index (χ3v) is 5.23. The van der Waals surface area contributed by atoms with E-state index in [2.05, 4.69) is 45.4 Å². The van der Waals surface area contributed by atoms with Crippen molar-refractivity contribution in [3.8, 4) is 0 Å². The highest BCUT2D eigenvalue weighted by Crippen LogP contribution is 2.22. The number of carbonyl (C=O) groups excluding carboxylic acids is 1. The number of rotatable bonds is 3. The summed E-state index contributed by atoms with van der Waals surface area (Å²) in [7, 11) is 0. The maximum atomic E-state index is 12.9. The molecule has 3 heterocycles. The predicted molar refractivity (Wildman–Crippen MR) is 94.8 cm³/mol. The Morgan fingerprint density at radius 2 is 1.67 bits per heavy atom. The molecule has 0 spiro atoms. The summed E-state index contributed by atoms with van der Waals surface area (Å²) in [5.41, 5.74) is 0. The average Bonchev–Trinajstić information content (AvgIpc) is 2.60. The van der Waals surface area contributed by atoms with E-state index in [1.165, 1.54) is 6.42 Å². The zero-order valence-corrected chi connectivity index (χ0v) is 15.1. The lowest BCUT2D eigenvalue weighted by Crippen LogP contribution is -2.56. The van der Waals surface area contributed by atoms with Crippen molar-refractivity contribution in [3.63, 3.8) is 0 Å². The van der Waals surface area contributed by atoms with Crippen LogP contribution < -0.4 is 4.90 Å². The van der Waals surface area contributed by atoms with Gasteiger partial charge < -0.3 is 9.80 Å². The van der Waals surface area contributed by atoms with Crippen molar-refractivity contribution in [2.75, 3.05) is 44.2 Å². The minimum atomic E-state index is -0.0404. The first-order chi connectivity index (χ1) is 11.5. The van der Waals surface area contributed by atoms with Gasteiger partial charge in [-0.15, -0.1) is 0 Å². The highest BCUT2D eigenvalue weighted by atomic mass is 16.2. The molecular weight excluding hydrogens is 302 g/mol. The minimum absolute atomic E-state index is 0.0404. The maximum absolute atomic E-state index is 12.9. The number of likely N-dealkylation sites (tertiary alicyclic amines) is 1. The van der Waals surface area contributed by atoms with E-state index >= 15 is 0 Å². The van der Waals surface area contributed by atoms with E-state index in [4.69, 9.17) is 0 Å². The fraction of sp³-hybridized carbons (Fsp3) is 0.722. The van der Waals surface area contributed by atoms with E-state index in [9.17, 15) is 4.79 Å². The standard InChI is InChI=1S/C18H29N5O/c1-14-11-15(2)13-23(12-14)17(24)16(3)21-7-9-22(10-8-21)18-19-5-4-6-20-18/h4-6,14-16H,7-13H2,1-3H3. The monoisotopic (exact) mass is 331 g/mol. The van der Waals surface area contributed by atoms with Crippen molar-refractivity contribution < 1.29 is 4.79 Å². The van der Waals surface area contributed by atoms with E-state index in [0.717, 1.165) is 45.2 Å². The summed E-state index contributed by atoms with van der Waals surface area (Å²) in [6.45, 7) is 11.9. The summed E-state index contributed by atoms with van der Waals surface area (Å²) in [6, 6.07) is 1.79. The number of aromatic nitrogens is 2. The Kier molecular flexibility index (Phi) is 5.33. The molecule has 0 bridgehead atoms. The van der Waals surface area contributed by atoms with E-state index in [1.54, 1.807) is 12.4 Å². The van der Waals surface area contributed by atoms with Crippen molar-refractivity contribution in [1.82, 2.24) is 19.8 Å². The van der Waals surface area contributed by atoms with Gasteiger partial charge in [0.05, 0.1) is 6.04 Å². The van der Waals surface area contributed by atoms with Gasteiger partial charge in [0, 0.05) is 51.7 Å². The fourth-order valence-electron chi connectivity index (χ4n) is 4.03. The Hall–Kier alpha value is -1.69. The summed E-state index contributed by atoms with van der Waals surface area (Å²) in [6.07, 6.45) is 4.78. The number of hydrogen-bond acceptors (Lipinski definition) is 5. The van der Waals surface area contributed by atoms with Gasteiger partial charge in [0.1, 0.15) is 0 Å². The molecule has 24 heavy (non-hydrogen) atoms. The molecular formula is C18H29N5O. The first-order valence-electron chi connectivity index (χ1n) is 9.09. The van der Waals surface area contributed by atoms with Gasteiger partial charge in [0.25, 0.3) is 0 Å². The number of piperazine rings is 1. The molecule has 0 saturated carbocycles. The number of hydrogen-bond donors (Lipinski definition) is 0. The quantitative estimate of drug-likeness (QED) is 0.840. The summed E-state index contributed by atoms with van der Waals surface area (Å²) >= 11 is 0.